The Morgan fingerprint density at radius 2 is 1.69 bits per heavy atom. The number of amides is 2. The molecule has 1 saturated heterocycles. The quantitative estimate of drug-likeness (QED) is 0.465. The van der Waals surface area contributed by atoms with Gasteiger partial charge in [-0.05, 0) is 27.7 Å². The van der Waals surface area contributed by atoms with Crippen LogP contribution in [-0.2, 0) is 33.3 Å². The number of fused-ring (bicyclic) bond motifs is 1. The first-order valence-electron chi connectivity index (χ1n) is 10.3. The summed E-state index contributed by atoms with van der Waals surface area (Å²) in [6, 6.07) is -0.728. The first kappa shape index (κ1) is 25.9. The minimum absolute atomic E-state index is 0.0354. The number of aliphatic imine (C=N–C) groups is 1. The van der Waals surface area contributed by atoms with Crippen LogP contribution in [0.3, 0.4) is 0 Å². The van der Waals surface area contributed by atoms with E-state index in [9.17, 15) is 19.2 Å². The Kier molecular flexibility index (Phi) is 8.52. The topological polar surface area (TPSA) is 133 Å². The molecule has 12 heteroatoms. The Bertz CT molecular complexity index is 781. The van der Waals surface area contributed by atoms with E-state index in [2.05, 4.69) is 10.3 Å². The van der Waals surface area contributed by atoms with E-state index >= 15 is 0 Å². The van der Waals surface area contributed by atoms with E-state index in [1.807, 2.05) is 0 Å². The van der Waals surface area contributed by atoms with E-state index in [0.717, 1.165) is 0 Å². The van der Waals surface area contributed by atoms with Gasteiger partial charge in [-0.3, -0.25) is 24.3 Å². The fourth-order valence-electron chi connectivity index (χ4n) is 3.25. The van der Waals surface area contributed by atoms with Crippen molar-refractivity contribution in [2.24, 2.45) is 4.99 Å². The lowest BCUT2D eigenvalue weighted by Gasteiger charge is -2.41. The molecule has 0 unspecified atom stereocenters. The Morgan fingerprint density at radius 1 is 1.09 bits per heavy atom. The number of nitrogens with one attached hydrogen (secondary N) is 1. The molecular formula is C20H31N3O8S. The zero-order chi connectivity index (χ0) is 24.2. The van der Waals surface area contributed by atoms with E-state index in [0.29, 0.717) is 11.7 Å². The number of rotatable bonds is 5. The highest BCUT2D eigenvalue weighted by Gasteiger charge is 2.53. The maximum atomic E-state index is 12.7. The Balaban J connectivity index is 2.35. The molecule has 1 fully saturated rings. The molecule has 0 spiro atoms. The summed E-state index contributed by atoms with van der Waals surface area (Å²) in [6.45, 7) is 11.2. The molecule has 180 valence electrons. The second-order valence-electron chi connectivity index (χ2n) is 8.37. The van der Waals surface area contributed by atoms with E-state index in [4.69, 9.17) is 18.9 Å². The zero-order valence-corrected chi connectivity index (χ0v) is 20.2. The number of hydrogen-bond acceptors (Lipinski definition) is 10. The van der Waals surface area contributed by atoms with Gasteiger partial charge in [-0.2, -0.15) is 0 Å². The summed E-state index contributed by atoms with van der Waals surface area (Å²) in [7, 11) is 0. The number of carbonyl (C=O) groups is 4. The predicted molar refractivity (Wildman–Crippen MR) is 116 cm³/mol. The van der Waals surface area contributed by atoms with Gasteiger partial charge in [0.1, 0.15) is 23.2 Å². The smallest absolute Gasteiger partial charge is 0.416 e. The van der Waals surface area contributed by atoms with Crippen LogP contribution < -0.4 is 5.32 Å². The summed E-state index contributed by atoms with van der Waals surface area (Å²) < 4.78 is 22.4. The zero-order valence-electron chi connectivity index (χ0n) is 19.4. The van der Waals surface area contributed by atoms with Gasteiger partial charge in [0, 0.05) is 33.9 Å². The molecule has 0 saturated carbocycles. The molecule has 1 N–H and O–H groups in total. The second-order valence-corrected chi connectivity index (χ2v) is 9.44. The molecule has 2 aliphatic rings. The molecule has 5 atom stereocenters. The lowest BCUT2D eigenvalue weighted by molar-refractivity contribution is -0.199. The summed E-state index contributed by atoms with van der Waals surface area (Å²) in [5, 5.41) is 2.98. The van der Waals surface area contributed by atoms with Gasteiger partial charge >= 0.3 is 18.0 Å². The normalized spacial score (nSPS) is 27.0. The van der Waals surface area contributed by atoms with Crippen molar-refractivity contribution >= 4 is 40.9 Å². The third-order valence-electron chi connectivity index (χ3n) is 4.41. The first-order chi connectivity index (χ1) is 14.8. The van der Waals surface area contributed by atoms with Crippen LogP contribution in [-0.4, -0.2) is 82.5 Å². The number of esters is 2. The van der Waals surface area contributed by atoms with Crippen molar-refractivity contribution in [3.05, 3.63) is 0 Å². The third kappa shape index (κ3) is 6.83. The minimum Gasteiger partial charge on any atom is -0.456 e. The highest BCUT2D eigenvalue weighted by Crippen LogP contribution is 2.40. The van der Waals surface area contributed by atoms with E-state index in [1.54, 1.807) is 27.7 Å². The molecule has 0 aliphatic carbocycles. The largest absolute Gasteiger partial charge is 0.456 e. The number of thioether (sulfide) groups is 1. The molecule has 2 heterocycles. The van der Waals surface area contributed by atoms with Crippen LogP contribution in [0.2, 0.25) is 0 Å². The highest BCUT2D eigenvalue weighted by molar-refractivity contribution is 8.14. The molecular weight excluding hydrogens is 442 g/mol. The maximum Gasteiger partial charge on any atom is 0.416 e. The Hall–Kier alpha value is -2.34. The summed E-state index contributed by atoms with van der Waals surface area (Å²) >= 11 is 1.18. The van der Waals surface area contributed by atoms with Crippen molar-refractivity contribution in [1.29, 1.82) is 0 Å². The van der Waals surface area contributed by atoms with Crippen LogP contribution in [0.4, 0.5) is 4.79 Å². The SMILES string of the molecule is CCN(C(=O)OC(C)(C)C)C1=N[C@@H]2[C@@H](OC(C)=O)[C@H](OC(C)=O)[C@@H](CNC(C)=O)O[C@@H]2S1. The van der Waals surface area contributed by atoms with Crippen molar-refractivity contribution in [3.8, 4) is 0 Å². The molecule has 2 aliphatic heterocycles. The standard InChI is InChI=1S/C20H31N3O8S/c1-8-23(19(27)31-20(5,6)7)18-22-14-16(29-12(4)26)15(28-11(3)25)13(9-21-10(2)24)30-17(14)32-18/h13-17H,8-9H2,1-7H3,(H,21,24)/t13-,14-,15-,16-,17-/m1/s1. The number of ether oxygens (including phenoxy) is 4. The molecule has 0 bridgehead atoms. The van der Waals surface area contributed by atoms with Crippen molar-refractivity contribution < 1.29 is 38.1 Å². The van der Waals surface area contributed by atoms with Gasteiger partial charge in [0.15, 0.2) is 17.4 Å². The van der Waals surface area contributed by atoms with Crippen LogP contribution in [0.5, 0.6) is 0 Å². The number of nitrogens with zero attached hydrogens (tertiary/aromatic N) is 2. The van der Waals surface area contributed by atoms with E-state index in [-0.39, 0.29) is 12.5 Å². The van der Waals surface area contributed by atoms with Crippen LogP contribution in [0.1, 0.15) is 48.5 Å². The number of hydrogen-bond donors (Lipinski definition) is 1. The molecule has 11 nitrogen and oxygen atoms in total. The predicted octanol–water partition coefficient (Wildman–Crippen LogP) is 1.44. The summed E-state index contributed by atoms with van der Waals surface area (Å²) in [4.78, 5) is 53.6. The molecule has 2 amide bonds. The molecule has 2 rings (SSSR count). The van der Waals surface area contributed by atoms with E-state index in [1.165, 1.54) is 37.4 Å². The molecule has 0 radical (unpaired) electrons. The Labute approximate surface area is 191 Å². The average Bonchev–Trinajstić information content (AvgIpc) is 3.03. The van der Waals surface area contributed by atoms with Gasteiger partial charge in [-0.15, -0.1) is 0 Å². The third-order valence-corrected chi connectivity index (χ3v) is 5.57. The summed E-state index contributed by atoms with van der Waals surface area (Å²) in [5.74, 6) is -1.47. The molecule has 0 aromatic carbocycles. The van der Waals surface area contributed by atoms with Gasteiger partial charge in [0.25, 0.3) is 0 Å². The fraction of sp³-hybridized carbons (Fsp3) is 0.750. The van der Waals surface area contributed by atoms with E-state index < -0.39 is 53.4 Å². The highest BCUT2D eigenvalue weighted by atomic mass is 32.2. The monoisotopic (exact) mass is 473 g/mol. The van der Waals surface area contributed by atoms with Crippen LogP contribution in [0, 0.1) is 0 Å². The lowest BCUT2D eigenvalue weighted by atomic mass is 9.97. The fourth-order valence-corrected chi connectivity index (χ4v) is 4.52. The lowest BCUT2D eigenvalue weighted by Crippen LogP contribution is -2.60. The minimum atomic E-state index is -0.996. The molecule has 32 heavy (non-hydrogen) atoms. The van der Waals surface area contributed by atoms with Crippen molar-refractivity contribution in [2.75, 3.05) is 13.1 Å². The van der Waals surface area contributed by atoms with Crippen molar-refractivity contribution in [3.63, 3.8) is 0 Å². The Morgan fingerprint density at radius 3 is 2.19 bits per heavy atom. The number of amidine groups is 1. The van der Waals surface area contributed by atoms with Gasteiger partial charge < -0.3 is 24.3 Å². The number of carbonyl (C=O) groups excluding carboxylic acids is 4. The van der Waals surface area contributed by atoms with Gasteiger partial charge in [-0.25, -0.2) is 4.79 Å². The van der Waals surface area contributed by atoms with Crippen molar-refractivity contribution in [1.82, 2.24) is 10.2 Å². The summed E-state index contributed by atoms with van der Waals surface area (Å²) in [5.41, 5.74) is -1.32. The first-order valence-corrected chi connectivity index (χ1v) is 11.2. The van der Waals surface area contributed by atoms with Crippen LogP contribution in [0.25, 0.3) is 0 Å². The van der Waals surface area contributed by atoms with Crippen LogP contribution in [0.15, 0.2) is 4.99 Å². The molecule has 0 aromatic heterocycles. The summed E-state index contributed by atoms with van der Waals surface area (Å²) in [6.07, 6.45) is -3.31. The second kappa shape index (κ2) is 10.5. The van der Waals surface area contributed by atoms with Crippen LogP contribution >= 0.6 is 11.8 Å². The van der Waals surface area contributed by atoms with Crippen molar-refractivity contribution in [2.45, 2.75) is 83.9 Å². The average molecular weight is 474 g/mol. The van der Waals surface area contributed by atoms with Gasteiger partial charge in [-0.1, -0.05) is 11.8 Å². The maximum absolute atomic E-state index is 12.7. The molecule has 0 aromatic rings. The van der Waals surface area contributed by atoms with Gasteiger partial charge in [0.05, 0.1) is 0 Å². The van der Waals surface area contributed by atoms with Gasteiger partial charge in [0.2, 0.25) is 5.91 Å².